The Balaban J connectivity index is 1.51. The zero-order chi connectivity index (χ0) is 28.5. The summed E-state index contributed by atoms with van der Waals surface area (Å²) in [6.07, 6.45) is 7.88. The van der Waals surface area contributed by atoms with Crippen molar-refractivity contribution in [3.05, 3.63) is 103 Å². The molecule has 5 rings (SSSR count). The van der Waals surface area contributed by atoms with Crippen LogP contribution in [0.4, 0.5) is 0 Å². The Morgan fingerprint density at radius 2 is 1.55 bits per heavy atom. The van der Waals surface area contributed by atoms with Crippen LogP contribution in [-0.4, -0.2) is 44.6 Å². The second kappa shape index (κ2) is 10.8. The lowest BCUT2D eigenvalue weighted by atomic mass is 9.95. The van der Waals surface area contributed by atoms with E-state index >= 15 is 0 Å². The van der Waals surface area contributed by atoms with Crippen LogP contribution in [0.15, 0.2) is 102 Å². The number of benzene rings is 3. The lowest BCUT2D eigenvalue weighted by Gasteiger charge is -2.14. The van der Waals surface area contributed by atoms with Crippen LogP contribution in [0.25, 0.3) is 33.2 Å². The van der Waals surface area contributed by atoms with E-state index in [9.17, 15) is 16.8 Å². The second-order valence-corrected chi connectivity index (χ2v) is 14.4. The molecule has 2 aromatic heterocycles. The molecule has 3 aromatic carbocycles. The van der Waals surface area contributed by atoms with E-state index in [1.807, 2.05) is 54.6 Å². The number of hydrogen-bond donors (Lipinski definition) is 0. The Morgan fingerprint density at radius 3 is 2.33 bits per heavy atom. The van der Waals surface area contributed by atoms with Gasteiger partial charge in [-0.25, -0.2) is 16.8 Å². The van der Waals surface area contributed by atoms with Gasteiger partial charge < -0.3 is 4.74 Å². The number of nitrogens with zero attached hydrogens (tertiary/aromatic N) is 2. The molecule has 0 radical (unpaired) electrons. The smallest absolute Gasteiger partial charge is 0.175 e. The Bertz CT molecular complexity index is 1940. The number of hydrogen-bond acceptors (Lipinski definition) is 7. The van der Waals surface area contributed by atoms with Crippen molar-refractivity contribution in [3.8, 4) is 33.8 Å². The predicted molar refractivity (Wildman–Crippen MR) is 158 cm³/mol. The third kappa shape index (κ3) is 6.21. The average Bonchev–Trinajstić information content (AvgIpc) is 2.92. The first-order valence-electron chi connectivity index (χ1n) is 12.6. The van der Waals surface area contributed by atoms with Crippen molar-refractivity contribution in [1.29, 1.82) is 0 Å². The number of fused-ring (bicyclic) bond motifs is 1. The van der Waals surface area contributed by atoms with E-state index < -0.39 is 24.9 Å². The molecule has 204 valence electrons. The van der Waals surface area contributed by atoms with Crippen molar-refractivity contribution in [1.82, 2.24) is 9.97 Å². The van der Waals surface area contributed by atoms with Gasteiger partial charge in [0.15, 0.2) is 9.84 Å². The molecule has 1 atom stereocenters. The summed E-state index contributed by atoms with van der Waals surface area (Å²) in [4.78, 5) is 9.14. The van der Waals surface area contributed by atoms with E-state index in [0.717, 1.165) is 45.0 Å². The molecule has 0 aliphatic heterocycles. The van der Waals surface area contributed by atoms with Crippen LogP contribution in [0.2, 0.25) is 0 Å². The van der Waals surface area contributed by atoms with Crippen LogP contribution in [0.3, 0.4) is 0 Å². The van der Waals surface area contributed by atoms with Gasteiger partial charge in [-0.1, -0.05) is 30.3 Å². The predicted octanol–water partition coefficient (Wildman–Crippen LogP) is 6.14. The van der Waals surface area contributed by atoms with E-state index in [-0.39, 0.29) is 4.90 Å². The molecule has 0 spiro atoms. The lowest BCUT2D eigenvalue weighted by Crippen LogP contribution is -2.18. The van der Waals surface area contributed by atoms with E-state index in [2.05, 4.69) is 9.97 Å². The summed E-state index contributed by atoms with van der Waals surface area (Å²) < 4.78 is 54.0. The highest BCUT2D eigenvalue weighted by Gasteiger charge is 2.17. The maximum atomic E-state index is 12.1. The van der Waals surface area contributed by atoms with Gasteiger partial charge in [-0.3, -0.25) is 9.97 Å². The summed E-state index contributed by atoms with van der Waals surface area (Å²) >= 11 is 0. The first-order valence-corrected chi connectivity index (χ1v) is 16.4. The van der Waals surface area contributed by atoms with Gasteiger partial charge in [-0.15, -0.1) is 0 Å². The van der Waals surface area contributed by atoms with Gasteiger partial charge in [0.25, 0.3) is 0 Å². The van der Waals surface area contributed by atoms with Gasteiger partial charge in [0.05, 0.1) is 21.9 Å². The van der Waals surface area contributed by atoms with E-state index in [1.54, 1.807) is 37.6 Å². The zero-order valence-corrected chi connectivity index (χ0v) is 23.9. The summed E-state index contributed by atoms with van der Waals surface area (Å²) in [5.41, 5.74) is 5.32. The largest absolute Gasteiger partial charge is 0.456 e. The van der Waals surface area contributed by atoms with Crippen molar-refractivity contribution in [2.24, 2.45) is 0 Å². The quantitative estimate of drug-likeness (QED) is 0.220. The minimum atomic E-state index is -3.36. The molecule has 7 nitrogen and oxygen atoms in total. The van der Waals surface area contributed by atoms with E-state index in [0.29, 0.717) is 17.9 Å². The summed E-state index contributed by atoms with van der Waals surface area (Å²) in [5.74, 6) is 0.866. The van der Waals surface area contributed by atoms with Crippen molar-refractivity contribution in [2.75, 3.05) is 12.5 Å². The van der Waals surface area contributed by atoms with Gasteiger partial charge in [0, 0.05) is 41.4 Å². The minimum Gasteiger partial charge on any atom is -0.456 e. The highest BCUT2D eigenvalue weighted by molar-refractivity contribution is 7.91. The van der Waals surface area contributed by atoms with Crippen LogP contribution < -0.4 is 4.74 Å². The Morgan fingerprint density at radius 1 is 0.775 bits per heavy atom. The Labute approximate surface area is 234 Å². The number of rotatable bonds is 8. The number of aromatic nitrogens is 2. The number of sulfone groups is 2. The molecule has 0 N–H and O–H groups in total. The first-order chi connectivity index (χ1) is 19.0. The molecule has 40 heavy (non-hydrogen) atoms. The van der Waals surface area contributed by atoms with E-state index in [1.165, 1.54) is 18.4 Å². The van der Waals surface area contributed by atoms with Crippen LogP contribution in [-0.2, 0) is 26.1 Å². The number of pyridine rings is 2. The van der Waals surface area contributed by atoms with Gasteiger partial charge in [0.2, 0.25) is 0 Å². The molecule has 2 heterocycles. The van der Waals surface area contributed by atoms with E-state index in [4.69, 9.17) is 4.74 Å². The standard InChI is InChI=1S/C31H28N2O5S2/c1-21(39(2,34)35)13-22-14-25-9-6-12-33-31(25)30(15-22)24-8-4-7-23(16-24)26-17-28(20-32-19-26)38-27-10-5-11-29(18-27)40(3,36)37/h4-12,14-21H,13H2,1-3H3. The SMILES string of the molecule is CC(Cc1cc(-c2cccc(-c3cncc(Oc4cccc(S(C)(=O)=O)c4)c3)c2)c2ncccc2c1)S(C)(=O)=O. The summed E-state index contributed by atoms with van der Waals surface area (Å²) in [7, 11) is -6.54. The molecular weight excluding hydrogens is 544 g/mol. The fraction of sp³-hybridized carbons (Fsp3) is 0.161. The molecule has 1 unspecified atom stereocenters. The molecule has 0 bridgehead atoms. The molecule has 0 aliphatic carbocycles. The lowest BCUT2D eigenvalue weighted by molar-refractivity contribution is 0.478. The highest BCUT2D eigenvalue weighted by atomic mass is 32.2. The third-order valence-corrected chi connectivity index (χ3v) is 9.45. The summed E-state index contributed by atoms with van der Waals surface area (Å²) in [5, 5.41) is 0.433. The Hall–Kier alpha value is -4.08. The maximum absolute atomic E-state index is 12.1. The van der Waals surface area contributed by atoms with Gasteiger partial charge in [0.1, 0.15) is 21.3 Å². The fourth-order valence-corrected chi connectivity index (χ4v) is 5.63. The first kappa shape index (κ1) is 27.5. The summed E-state index contributed by atoms with van der Waals surface area (Å²) in [6.45, 7) is 1.72. The van der Waals surface area contributed by atoms with Crippen molar-refractivity contribution >= 4 is 30.6 Å². The van der Waals surface area contributed by atoms with Gasteiger partial charge in [-0.2, -0.15) is 0 Å². The zero-order valence-electron chi connectivity index (χ0n) is 22.3. The molecule has 9 heteroatoms. The molecule has 0 fully saturated rings. The average molecular weight is 573 g/mol. The van der Waals surface area contributed by atoms with Gasteiger partial charge >= 0.3 is 0 Å². The van der Waals surface area contributed by atoms with Gasteiger partial charge in [-0.05, 0) is 78.6 Å². The Kier molecular flexibility index (Phi) is 7.44. The second-order valence-electron chi connectivity index (χ2n) is 9.90. The monoisotopic (exact) mass is 572 g/mol. The molecule has 0 aliphatic rings. The van der Waals surface area contributed by atoms with Crippen LogP contribution >= 0.6 is 0 Å². The number of ether oxygens (including phenoxy) is 1. The molecule has 0 amide bonds. The van der Waals surface area contributed by atoms with Crippen molar-refractivity contribution < 1.29 is 21.6 Å². The third-order valence-electron chi connectivity index (χ3n) is 6.71. The normalized spacial score (nSPS) is 12.8. The molecule has 0 saturated carbocycles. The molecule has 5 aromatic rings. The topological polar surface area (TPSA) is 103 Å². The summed E-state index contributed by atoms with van der Waals surface area (Å²) in [6, 6.07) is 24.0. The maximum Gasteiger partial charge on any atom is 0.175 e. The van der Waals surface area contributed by atoms with Crippen molar-refractivity contribution in [2.45, 2.75) is 23.5 Å². The molecule has 0 saturated heterocycles. The highest BCUT2D eigenvalue weighted by Crippen LogP contribution is 2.34. The molecular formula is C31H28N2O5S2. The minimum absolute atomic E-state index is 0.177. The van der Waals surface area contributed by atoms with Crippen molar-refractivity contribution in [3.63, 3.8) is 0 Å². The van der Waals surface area contributed by atoms with Crippen LogP contribution in [0, 0.1) is 0 Å². The fourth-order valence-electron chi connectivity index (χ4n) is 4.48. The van der Waals surface area contributed by atoms with Crippen LogP contribution in [0.5, 0.6) is 11.5 Å². The van der Waals surface area contributed by atoms with Crippen LogP contribution in [0.1, 0.15) is 12.5 Å².